The van der Waals surface area contributed by atoms with Gasteiger partial charge < -0.3 is 15.0 Å². The molecule has 1 aliphatic carbocycles. The fourth-order valence-electron chi connectivity index (χ4n) is 6.36. The first kappa shape index (κ1) is 30.2. The van der Waals surface area contributed by atoms with Crippen LogP contribution in [-0.4, -0.2) is 56.8 Å². The van der Waals surface area contributed by atoms with Crippen molar-refractivity contribution in [3.8, 4) is 17.0 Å². The summed E-state index contributed by atoms with van der Waals surface area (Å²) in [5, 5.41) is 4.54. The molecule has 1 fully saturated rings. The highest BCUT2D eigenvalue weighted by molar-refractivity contribution is 7.92. The van der Waals surface area contributed by atoms with E-state index < -0.39 is 21.3 Å². The van der Waals surface area contributed by atoms with Gasteiger partial charge >= 0.3 is 0 Å². The number of halogens is 2. The van der Waals surface area contributed by atoms with Gasteiger partial charge in [-0.05, 0) is 48.6 Å². The molecule has 2 aromatic carbocycles. The lowest BCUT2D eigenvalue weighted by molar-refractivity contribution is -0.126. The molecule has 1 spiro atoms. The van der Waals surface area contributed by atoms with Crippen LogP contribution >= 0.6 is 11.6 Å². The number of amides is 1. The second-order valence-electron chi connectivity index (χ2n) is 11.9. The lowest BCUT2D eigenvalue weighted by Crippen LogP contribution is -2.47. The quantitative estimate of drug-likeness (QED) is 0.229. The normalized spacial score (nSPS) is 19.5. The van der Waals surface area contributed by atoms with Crippen LogP contribution in [0.1, 0.15) is 43.7 Å². The van der Waals surface area contributed by atoms with Gasteiger partial charge in [0.05, 0.1) is 29.1 Å². The Hall–Kier alpha value is -3.80. The number of nitrogens with zero attached hydrogens (tertiary/aromatic N) is 3. The zero-order chi connectivity index (χ0) is 31.4. The molecule has 0 bridgehead atoms. The zero-order valence-corrected chi connectivity index (χ0v) is 26.4. The predicted octanol–water partition coefficient (Wildman–Crippen LogP) is 5.63. The van der Waals surface area contributed by atoms with Crippen molar-refractivity contribution in [2.75, 3.05) is 36.1 Å². The maximum Gasteiger partial charge on any atom is 0.238 e. The molecule has 2 aliphatic rings. The SMILES string of the molecule is CC(C)NCCOc1ncc(-c2cc3c4c(cnc3cc2F)N(C)C(=O)C42CC(c3cccc(Cl)c3)C2)cc1NS(C)(=O)=O. The Kier molecular flexibility index (Phi) is 7.75. The molecular formula is C32H33ClFN5O4S. The number of hydrogen-bond donors (Lipinski definition) is 2. The summed E-state index contributed by atoms with van der Waals surface area (Å²) in [6.45, 7) is 4.80. The van der Waals surface area contributed by atoms with E-state index in [1.165, 1.54) is 18.3 Å². The Morgan fingerprint density at radius 2 is 1.93 bits per heavy atom. The van der Waals surface area contributed by atoms with E-state index in [4.69, 9.17) is 16.3 Å². The van der Waals surface area contributed by atoms with Gasteiger partial charge in [0.1, 0.15) is 18.1 Å². The second kappa shape index (κ2) is 11.3. The third-order valence-corrected chi connectivity index (χ3v) is 9.18. The molecule has 44 heavy (non-hydrogen) atoms. The molecule has 1 aliphatic heterocycles. The lowest BCUT2D eigenvalue weighted by Gasteiger charge is -2.44. The predicted molar refractivity (Wildman–Crippen MR) is 171 cm³/mol. The molecule has 0 radical (unpaired) electrons. The van der Waals surface area contributed by atoms with Crippen molar-refractivity contribution in [1.29, 1.82) is 0 Å². The Morgan fingerprint density at radius 3 is 2.64 bits per heavy atom. The van der Waals surface area contributed by atoms with Crippen molar-refractivity contribution in [2.24, 2.45) is 0 Å². The van der Waals surface area contributed by atoms with Crippen LogP contribution in [-0.2, 0) is 20.2 Å². The standard InChI is InChI=1S/C32H33ClFN5O4S/c1-18(2)35-8-9-43-30-27(38-44(4,41)42)11-20(16-37-30)23-12-24-26(13-25(23)34)36-17-28-29(24)32(31(40)39(28)3)14-21(15-32)19-6-5-7-22(33)10-19/h5-7,10-13,16-18,21,35,38H,8-9,14-15H2,1-4H3. The minimum atomic E-state index is -3.69. The number of fused-ring (bicyclic) bond motifs is 4. The molecule has 1 amide bonds. The van der Waals surface area contributed by atoms with Gasteiger partial charge in [0.15, 0.2) is 0 Å². The van der Waals surface area contributed by atoms with Gasteiger partial charge in [-0.2, -0.15) is 0 Å². The average Bonchev–Trinajstić information content (AvgIpc) is 3.16. The highest BCUT2D eigenvalue weighted by atomic mass is 35.5. The first-order valence-electron chi connectivity index (χ1n) is 14.4. The summed E-state index contributed by atoms with van der Waals surface area (Å²) >= 11 is 6.25. The van der Waals surface area contributed by atoms with Gasteiger partial charge in [0.2, 0.25) is 21.8 Å². The minimum absolute atomic E-state index is 0.0132. The molecule has 2 N–H and O–H groups in total. The van der Waals surface area contributed by atoms with Crippen molar-refractivity contribution in [1.82, 2.24) is 15.3 Å². The number of sulfonamides is 1. The van der Waals surface area contributed by atoms with E-state index in [0.717, 1.165) is 17.4 Å². The first-order valence-corrected chi connectivity index (χ1v) is 16.6. The van der Waals surface area contributed by atoms with Gasteiger partial charge in [-0.15, -0.1) is 0 Å². The number of benzene rings is 2. The van der Waals surface area contributed by atoms with E-state index in [2.05, 4.69) is 20.0 Å². The summed E-state index contributed by atoms with van der Waals surface area (Å²) in [5.74, 6) is -0.330. The van der Waals surface area contributed by atoms with Crippen molar-refractivity contribution in [3.05, 3.63) is 76.8 Å². The monoisotopic (exact) mass is 637 g/mol. The summed E-state index contributed by atoms with van der Waals surface area (Å²) in [7, 11) is -1.95. The van der Waals surface area contributed by atoms with E-state index in [-0.39, 0.29) is 41.6 Å². The zero-order valence-electron chi connectivity index (χ0n) is 24.8. The molecule has 0 saturated heterocycles. The summed E-state index contributed by atoms with van der Waals surface area (Å²) < 4.78 is 48.2. The van der Waals surface area contributed by atoms with E-state index in [1.54, 1.807) is 24.2 Å². The number of hydrogen-bond acceptors (Lipinski definition) is 7. The van der Waals surface area contributed by atoms with Gasteiger partial charge in [-0.1, -0.05) is 37.6 Å². The minimum Gasteiger partial charge on any atom is -0.475 e. The third-order valence-electron chi connectivity index (χ3n) is 8.35. The number of nitrogens with one attached hydrogen (secondary N) is 2. The molecule has 6 rings (SSSR count). The van der Waals surface area contributed by atoms with Crippen LogP contribution in [0.25, 0.3) is 22.0 Å². The summed E-state index contributed by atoms with van der Waals surface area (Å²) in [6.07, 6.45) is 5.29. The Morgan fingerprint density at radius 1 is 1.16 bits per heavy atom. The Bertz CT molecular complexity index is 1900. The smallest absolute Gasteiger partial charge is 0.238 e. The van der Waals surface area contributed by atoms with Gasteiger partial charge in [-0.3, -0.25) is 14.5 Å². The van der Waals surface area contributed by atoms with Crippen LogP contribution in [0.4, 0.5) is 15.8 Å². The molecule has 2 aromatic heterocycles. The van der Waals surface area contributed by atoms with Crippen molar-refractivity contribution in [3.63, 3.8) is 0 Å². The highest BCUT2D eigenvalue weighted by Crippen LogP contribution is 2.60. The molecule has 1 saturated carbocycles. The first-order chi connectivity index (χ1) is 20.9. The molecular weight excluding hydrogens is 605 g/mol. The van der Waals surface area contributed by atoms with Crippen LogP contribution in [0.2, 0.25) is 5.02 Å². The Balaban J connectivity index is 1.41. The highest BCUT2D eigenvalue weighted by Gasteiger charge is 2.58. The number of pyridine rings is 2. The maximum absolute atomic E-state index is 15.7. The van der Waals surface area contributed by atoms with Gasteiger partial charge in [-0.25, -0.2) is 17.8 Å². The Labute approximate surface area is 260 Å². The van der Waals surface area contributed by atoms with E-state index in [0.29, 0.717) is 46.6 Å². The van der Waals surface area contributed by atoms with Crippen LogP contribution in [0, 0.1) is 5.82 Å². The average molecular weight is 638 g/mol. The number of anilines is 2. The third kappa shape index (κ3) is 5.48. The molecule has 4 aromatic rings. The topological polar surface area (TPSA) is 114 Å². The molecule has 12 heteroatoms. The largest absolute Gasteiger partial charge is 0.475 e. The lowest BCUT2D eigenvalue weighted by atomic mass is 9.57. The number of ether oxygens (including phenoxy) is 1. The van der Waals surface area contributed by atoms with E-state index in [9.17, 15) is 13.2 Å². The van der Waals surface area contributed by atoms with Crippen LogP contribution in [0.3, 0.4) is 0 Å². The van der Waals surface area contributed by atoms with E-state index >= 15 is 4.39 Å². The number of aromatic nitrogens is 2. The van der Waals surface area contributed by atoms with Crippen LogP contribution < -0.4 is 19.7 Å². The number of carbonyl (C=O) groups excluding carboxylic acids is 1. The molecule has 9 nitrogen and oxygen atoms in total. The number of likely N-dealkylation sites (N-methyl/N-ethyl adjacent to an activating group) is 1. The van der Waals surface area contributed by atoms with Crippen LogP contribution in [0.5, 0.6) is 5.88 Å². The summed E-state index contributed by atoms with van der Waals surface area (Å²) in [6, 6.07) is 12.5. The molecule has 3 heterocycles. The fraction of sp³-hybridized carbons (Fsp3) is 0.344. The van der Waals surface area contributed by atoms with Crippen LogP contribution in [0.15, 0.2) is 54.9 Å². The molecule has 0 unspecified atom stereocenters. The van der Waals surface area contributed by atoms with Gasteiger partial charge in [0.25, 0.3) is 0 Å². The van der Waals surface area contributed by atoms with Gasteiger partial charge in [0, 0.05) is 59.0 Å². The molecule has 0 atom stereocenters. The summed E-state index contributed by atoms with van der Waals surface area (Å²) in [5.41, 5.74) is 2.91. The fourth-order valence-corrected chi connectivity index (χ4v) is 7.10. The maximum atomic E-state index is 15.7. The molecule has 230 valence electrons. The second-order valence-corrected chi connectivity index (χ2v) is 14.1. The van der Waals surface area contributed by atoms with Crippen molar-refractivity contribution in [2.45, 2.75) is 44.1 Å². The number of rotatable bonds is 9. The summed E-state index contributed by atoms with van der Waals surface area (Å²) in [4.78, 5) is 24.2. The van der Waals surface area contributed by atoms with Crippen molar-refractivity contribution < 1.29 is 22.3 Å². The van der Waals surface area contributed by atoms with Crippen molar-refractivity contribution >= 4 is 49.8 Å². The van der Waals surface area contributed by atoms with E-state index in [1.807, 2.05) is 38.1 Å². The number of carbonyl (C=O) groups is 1.